The van der Waals surface area contributed by atoms with Gasteiger partial charge in [0.2, 0.25) is 5.91 Å². The van der Waals surface area contributed by atoms with E-state index >= 15 is 0 Å². The van der Waals surface area contributed by atoms with Gasteiger partial charge in [-0.25, -0.2) is 4.79 Å². The third kappa shape index (κ3) is 4.04. The largest absolute Gasteiger partial charge is 0.351 e. The third-order valence-corrected chi connectivity index (χ3v) is 3.87. The van der Waals surface area contributed by atoms with Crippen molar-refractivity contribution in [2.24, 2.45) is 17.6 Å². The molecule has 3 unspecified atom stereocenters. The van der Waals surface area contributed by atoms with Crippen LogP contribution in [-0.2, 0) is 4.79 Å². The number of amides is 3. The van der Waals surface area contributed by atoms with Crippen molar-refractivity contribution in [3.63, 3.8) is 0 Å². The molecule has 1 fully saturated rings. The van der Waals surface area contributed by atoms with Crippen molar-refractivity contribution in [3.05, 3.63) is 35.9 Å². The first-order valence-electron chi connectivity index (χ1n) is 7.36. The molecule has 3 atom stereocenters. The quantitative estimate of drug-likeness (QED) is 0.892. The van der Waals surface area contributed by atoms with Crippen molar-refractivity contribution in [1.29, 1.82) is 0 Å². The zero-order valence-electron chi connectivity index (χ0n) is 12.6. The van der Waals surface area contributed by atoms with Crippen molar-refractivity contribution >= 4 is 11.9 Å². The molecule has 1 aliphatic heterocycles. The van der Waals surface area contributed by atoms with Crippen LogP contribution >= 0.6 is 0 Å². The predicted molar refractivity (Wildman–Crippen MR) is 81.4 cm³/mol. The first-order chi connectivity index (χ1) is 9.97. The van der Waals surface area contributed by atoms with E-state index in [1.807, 2.05) is 30.3 Å². The second kappa shape index (κ2) is 6.72. The molecule has 0 bridgehead atoms. The van der Waals surface area contributed by atoms with Gasteiger partial charge in [0.1, 0.15) is 6.04 Å². The first-order valence-corrected chi connectivity index (χ1v) is 7.36. The zero-order valence-corrected chi connectivity index (χ0v) is 12.6. The lowest BCUT2D eigenvalue weighted by Crippen LogP contribution is -2.49. The fourth-order valence-electron chi connectivity index (χ4n) is 3.28. The van der Waals surface area contributed by atoms with E-state index in [1.54, 1.807) is 0 Å². The molecule has 2 rings (SSSR count). The van der Waals surface area contributed by atoms with Crippen LogP contribution in [0.2, 0.25) is 0 Å². The van der Waals surface area contributed by atoms with E-state index in [2.05, 4.69) is 24.1 Å². The normalized spacial score (nSPS) is 24.3. The topological polar surface area (TPSA) is 75.4 Å². The Morgan fingerprint density at radius 1 is 1.19 bits per heavy atom. The number of rotatable bonds is 3. The lowest BCUT2D eigenvalue weighted by molar-refractivity contribution is -0.126. The first kappa shape index (κ1) is 15.5. The Bertz CT molecular complexity index is 494. The number of primary amides is 1. The average Bonchev–Trinajstić information content (AvgIpc) is 2.38. The van der Waals surface area contributed by atoms with Gasteiger partial charge >= 0.3 is 6.03 Å². The number of nitrogens with two attached hydrogens (primary N) is 1. The summed E-state index contributed by atoms with van der Waals surface area (Å²) in [5.74, 6) is 0.706. The number of nitrogens with one attached hydrogen (secondary N) is 1. The summed E-state index contributed by atoms with van der Waals surface area (Å²) in [6.07, 6.45) is 1.16. The van der Waals surface area contributed by atoms with Crippen LogP contribution in [0.25, 0.3) is 0 Å². The fourth-order valence-corrected chi connectivity index (χ4v) is 3.28. The summed E-state index contributed by atoms with van der Waals surface area (Å²) in [6.45, 7) is 6.07. The van der Waals surface area contributed by atoms with Crippen LogP contribution in [0, 0.1) is 11.8 Å². The van der Waals surface area contributed by atoms with Crippen molar-refractivity contribution in [2.45, 2.75) is 26.3 Å². The lowest BCUT2D eigenvalue weighted by atomic mass is 9.89. The van der Waals surface area contributed by atoms with E-state index in [9.17, 15) is 9.59 Å². The Hall–Kier alpha value is -1.88. The monoisotopic (exact) mass is 289 g/mol. The van der Waals surface area contributed by atoms with Gasteiger partial charge in [0, 0.05) is 13.1 Å². The van der Waals surface area contributed by atoms with Crippen LogP contribution in [0.1, 0.15) is 31.9 Å². The van der Waals surface area contributed by atoms with Crippen molar-refractivity contribution in [3.8, 4) is 0 Å². The molecule has 0 aliphatic carbocycles. The SMILES string of the molecule is CC1CC(C)CN(C(C(=O)NC(N)=O)c2ccccc2)C1. The summed E-state index contributed by atoms with van der Waals surface area (Å²) in [6, 6.07) is 8.26. The van der Waals surface area contributed by atoms with E-state index in [4.69, 9.17) is 5.73 Å². The molecule has 5 heteroatoms. The van der Waals surface area contributed by atoms with Gasteiger partial charge in [-0.05, 0) is 23.8 Å². The Labute approximate surface area is 125 Å². The number of nitrogens with zero attached hydrogens (tertiary/aromatic N) is 1. The van der Waals surface area contributed by atoms with Crippen molar-refractivity contribution < 1.29 is 9.59 Å². The second-order valence-corrected chi connectivity index (χ2v) is 6.07. The lowest BCUT2D eigenvalue weighted by Gasteiger charge is -2.39. The highest BCUT2D eigenvalue weighted by molar-refractivity contribution is 5.96. The highest BCUT2D eigenvalue weighted by Gasteiger charge is 2.33. The number of imide groups is 1. The number of carbonyl (C=O) groups excluding carboxylic acids is 2. The molecule has 1 aliphatic rings. The molecule has 0 spiro atoms. The van der Waals surface area contributed by atoms with E-state index in [1.165, 1.54) is 0 Å². The molecular formula is C16H23N3O2. The van der Waals surface area contributed by atoms with Gasteiger partial charge in [0.25, 0.3) is 0 Å². The van der Waals surface area contributed by atoms with Crippen molar-refractivity contribution in [2.75, 3.05) is 13.1 Å². The third-order valence-electron chi connectivity index (χ3n) is 3.87. The number of carbonyl (C=O) groups is 2. The van der Waals surface area contributed by atoms with Crippen LogP contribution in [-0.4, -0.2) is 29.9 Å². The van der Waals surface area contributed by atoms with Crippen LogP contribution in [0.5, 0.6) is 0 Å². The average molecular weight is 289 g/mol. The minimum atomic E-state index is -0.806. The summed E-state index contributed by atoms with van der Waals surface area (Å²) in [4.78, 5) is 25.6. The maximum atomic E-state index is 12.4. The minimum Gasteiger partial charge on any atom is -0.351 e. The van der Waals surface area contributed by atoms with Crippen LogP contribution in [0.15, 0.2) is 30.3 Å². The summed E-state index contributed by atoms with van der Waals surface area (Å²) in [5.41, 5.74) is 5.99. The molecule has 3 N–H and O–H groups in total. The van der Waals surface area contributed by atoms with Gasteiger partial charge in [-0.1, -0.05) is 44.2 Å². The number of hydrogen-bond donors (Lipinski definition) is 2. The molecule has 0 radical (unpaired) electrons. The number of benzene rings is 1. The van der Waals surface area contributed by atoms with Crippen molar-refractivity contribution in [1.82, 2.24) is 10.2 Å². The maximum absolute atomic E-state index is 12.4. The van der Waals surface area contributed by atoms with E-state index < -0.39 is 12.1 Å². The van der Waals surface area contributed by atoms with Gasteiger partial charge in [-0.15, -0.1) is 0 Å². The van der Waals surface area contributed by atoms with Crippen LogP contribution in [0.4, 0.5) is 4.79 Å². The maximum Gasteiger partial charge on any atom is 0.318 e. The smallest absolute Gasteiger partial charge is 0.318 e. The second-order valence-electron chi connectivity index (χ2n) is 6.07. The van der Waals surface area contributed by atoms with Gasteiger partial charge in [0.15, 0.2) is 0 Å². The number of piperidine rings is 1. The van der Waals surface area contributed by atoms with E-state index in [0.29, 0.717) is 11.8 Å². The highest BCUT2D eigenvalue weighted by atomic mass is 16.2. The highest BCUT2D eigenvalue weighted by Crippen LogP contribution is 2.29. The molecule has 1 saturated heterocycles. The zero-order chi connectivity index (χ0) is 15.4. The van der Waals surface area contributed by atoms with E-state index in [0.717, 1.165) is 25.1 Å². The summed E-state index contributed by atoms with van der Waals surface area (Å²) < 4.78 is 0. The minimum absolute atomic E-state index is 0.352. The Morgan fingerprint density at radius 3 is 2.29 bits per heavy atom. The molecular weight excluding hydrogens is 266 g/mol. The number of urea groups is 1. The number of hydrogen-bond acceptors (Lipinski definition) is 3. The molecule has 0 aromatic heterocycles. The molecule has 1 aromatic carbocycles. The van der Waals surface area contributed by atoms with E-state index in [-0.39, 0.29) is 5.91 Å². The molecule has 5 nitrogen and oxygen atoms in total. The molecule has 114 valence electrons. The molecule has 3 amide bonds. The molecule has 1 heterocycles. The Balaban J connectivity index is 2.27. The Kier molecular flexibility index (Phi) is 4.96. The summed E-state index contributed by atoms with van der Waals surface area (Å²) in [7, 11) is 0. The summed E-state index contributed by atoms with van der Waals surface area (Å²) in [5, 5.41) is 2.23. The molecule has 1 aromatic rings. The van der Waals surface area contributed by atoms with Gasteiger partial charge in [-0.3, -0.25) is 15.0 Å². The van der Waals surface area contributed by atoms with Crippen LogP contribution in [0.3, 0.4) is 0 Å². The van der Waals surface area contributed by atoms with Gasteiger partial charge in [0.05, 0.1) is 0 Å². The number of likely N-dealkylation sites (tertiary alicyclic amines) is 1. The standard InChI is InChI=1S/C16H23N3O2/c1-11-8-12(2)10-19(9-11)14(15(20)18-16(17)21)13-6-4-3-5-7-13/h3-7,11-12,14H,8-10H2,1-2H3,(H3,17,18,20,21). The fraction of sp³-hybridized carbons (Fsp3) is 0.500. The van der Waals surface area contributed by atoms with Crippen LogP contribution < -0.4 is 11.1 Å². The van der Waals surface area contributed by atoms with Gasteiger partial charge < -0.3 is 5.73 Å². The van der Waals surface area contributed by atoms with Gasteiger partial charge in [-0.2, -0.15) is 0 Å². The molecule has 0 saturated carbocycles. The predicted octanol–water partition coefficient (Wildman–Crippen LogP) is 1.90. The summed E-state index contributed by atoms with van der Waals surface area (Å²) >= 11 is 0. The molecule has 21 heavy (non-hydrogen) atoms. The Morgan fingerprint density at radius 2 is 1.76 bits per heavy atom.